The number of hydrogen-bond donors (Lipinski definition) is 4. The fraction of sp³-hybridized carbons (Fsp3) is 0.667. The lowest BCUT2D eigenvalue weighted by Crippen LogP contribution is -2.20. The van der Waals surface area contributed by atoms with Crippen LogP contribution in [0.2, 0.25) is 0 Å². The van der Waals surface area contributed by atoms with Crippen LogP contribution in [0.25, 0.3) is 0 Å². The number of hydrogen-bond acceptors (Lipinski definition) is 3. The maximum atomic E-state index is 9.00. The van der Waals surface area contributed by atoms with Gasteiger partial charge < -0.3 is 21.5 Å². The largest absolute Gasteiger partial charge is 0.481 e. The molecule has 6 nitrogen and oxygen atoms in total. The molecule has 1 atom stereocenters. The standard InChI is InChI=1S/C3H9N.C2H4O2.CH5N3.H3P/c1-4(2)3;1-2(3)4;2-1(3)4;/h1-3H3;1H3,(H,3,4);(H5,2,3,4);1H3. The number of nitrogens with two attached hydrogens (primary N) is 2. The van der Waals surface area contributed by atoms with E-state index in [1.165, 1.54) is 0 Å². The van der Waals surface area contributed by atoms with Crippen molar-refractivity contribution >= 4 is 21.8 Å². The highest BCUT2D eigenvalue weighted by molar-refractivity contribution is 6.92. The molecule has 6 N–H and O–H groups in total. The van der Waals surface area contributed by atoms with Crippen molar-refractivity contribution in [3.8, 4) is 0 Å². The van der Waals surface area contributed by atoms with Gasteiger partial charge in [-0.1, -0.05) is 0 Å². The Labute approximate surface area is 82.4 Å². The number of nitrogens with one attached hydrogen (secondary N) is 1. The first kappa shape index (κ1) is 22.7. The molecule has 7 heteroatoms. The molecule has 0 aliphatic heterocycles. The number of carboxylic acids is 1. The summed E-state index contributed by atoms with van der Waals surface area (Å²) in [5, 5.41) is 13.5. The molecule has 0 aromatic carbocycles. The minimum absolute atomic E-state index is 0. The van der Waals surface area contributed by atoms with Gasteiger partial charge in [0.1, 0.15) is 0 Å². The fourth-order valence-electron chi connectivity index (χ4n) is 0. The van der Waals surface area contributed by atoms with E-state index in [9.17, 15) is 0 Å². The first-order valence-electron chi connectivity index (χ1n) is 3.10. The molecule has 0 heterocycles. The van der Waals surface area contributed by atoms with E-state index in [0.717, 1.165) is 6.92 Å². The first-order valence-corrected chi connectivity index (χ1v) is 3.10. The average molecular weight is 212 g/mol. The van der Waals surface area contributed by atoms with Gasteiger partial charge in [0, 0.05) is 6.92 Å². The third kappa shape index (κ3) is 1230. The molecule has 0 saturated carbocycles. The Hall–Kier alpha value is -0.870. The summed E-state index contributed by atoms with van der Waals surface area (Å²) in [6, 6.07) is 0. The third-order valence-corrected chi connectivity index (χ3v) is 0. The van der Waals surface area contributed by atoms with Crippen molar-refractivity contribution in [1.82, 2.24) is 4.90 Å². The van der Waals surface area contributed by atoms with Crippen LogP contribution in [0.5, 0.6) is 0 Å². The van der Waals surface area contributed by atoms with Crippen LogP contribution in [0, 0.1) is 5.41 Å². The summed E-state index contributed by atoms with van der Waals surface area (Å²) in [5.41, 5.74) is 8.94. The second kappa shape index (κ2) is 17.3. The molecule has 0 amide bonds. The van der Waals surface area contributed by atoms with Crippen molar-refractivity contribution < 1.29 is 9.90 Å². The van der Waals surface area contributed by atoms with Crippen LogP contribution in [0.4, 0.5) is 0 Å². The summed E-state index contributed by atoms with van der Waals surface area (Å²) < 4.78 is 0. The summed E-state index contributed by atoms with van der Waals surface area (Å²) in [6.07, 6.45) is 0. The predicted octanol–water partition coefficient (Wildman–Crippen LogP) is -0.835. The van der Waals surface area contributed by atoms with E-state index in [4.69, 9.17) is 15.3 Å². The van der Waals surface area contributed by atoms with Crippen LogP contribution >= 0.6 is 9.90 Å². The first-order chi connectivity index (χ1) is 5.20. The van der Waals surface area contributed by atoms with E-state index in [0.29, 0.717) is 0 Å². The zero-order valence-electron chi connectivity index (χ0n) is 8.66. The van der Waals surface area contributed by atoms with E-state index in [1.807, 2.05) is 26.0 Å². The molecular weight excluding hydrogens is 191 g/mol. The molecule has 0 saturated heterocycles. The molecule has 0 spiro atoms. The number of rotatable bonds is 0. The van der Waals surface area contributed by atoms with Crippen molar-refractivity contribution in [2.45, 2.75) is 6.92 Å². The smallest absolute Gasteiger partial charge is 0.300 e. The Morgan fingerprint density at radius 3 is 1.31 bits per heavy atom. The van der Waals surface area contributed by atoms with Gasteiger partial charge in [-0.2, -0.15) is 9.90 Å². The quantitative estimate of drug-likeness (QED) is 0.237. The van der Waals surface area contributed by atoms with Gasteiger partial charge in [0.15, 0.2) is 5.96 Å². The maximum Gasteiger partial charge on any atom is 0.300 e. The molecule has 13 heavy (non-hydrogen) atoms. The van der Waals surface area contributed by atoms with Crippen molar-refractivity contribution in [3.63, 3.8) is 0 Å². The predicted molar refractivity (Wildman–Crippen MR) is 60.1 cm³/mol. The Bertz CT molecular complexity index is 107. The highest BCUT2D eigenvalue weighted by Gasteiger charge is 1.65. The van der Waals surface area contributed by atoms with Crippen LogP contribution in [0.15, 0.2) is 0 Å². The number of nitrogens with zero attached hydrogens (tertiary/aromatic N) is 1. The average Bonchev–Trinajstić information content (AvgIpc) is 1.54. The molecule has 0 rings (SSSR count). The normalized spacial score (nSPS) is 6.54. The van der Waals surface area contributed by atoms with Gasteiger partial charge in [-0.05, 0) is 21.1 Å². The second-order valence-electron chi connectivity index (χ2n) is 2.32. The minimum atomic E-state index is -0.833. The number of guanidine groups is 1. The van der Waals surface area contributed by atoms with Gasteiger partial charge in [-0.15, -0.1) is 0 Å². The molecule has 0 bridgehead atoms. The maximum absolute atomic E-state index is 9.00. The van der Waals surface area contributed by atoms with E-state index in [-0.39, 0.29) is 15.9 Å². The van der Waals surface area contributed by atoms with Gasteiger partial charge in [0.25, 0.3) is 5.97 Å². The minimum Gasteiger partial charge on any atom is -0.481 e. The summed E-state index contributed by atoms with van der Waals surface area (Å²) in [6.45, 7) is 1.08. The van der Waals surface area contributed by atoms with Crippen molar-refractivity contribution in [3.05, 3.63) is 0 Å². The van der Waals surface area contributed by atoms with Crippen LogP contribution in [0.3, 0.4) is 0 Å². The Kier molecular flexibility index (Phi) is 30.2. The van der Waals surface area contributed by atoms with Crippen molar-refractivity contribution in [2.24, 2.45) is 11.5 Å². The number of aliphatic carboxylic acids is 1. The summed E-state index contributed by atoms with van der Waals surface area (Å²) in [7, 11) is 6.00. The highest BCUT2D eigenvalue weighted by Crippen LogP contribution is 1.47. The van der Waals surface area contributed by atoms with E-state index >= 15 is 0 Å². The number of carbonyl (C=O) groups is 1. The fourth-order valence-corrected chi connectivity index (χ4v) is 0. The highest BCUT2D eigenvalue weighted by atomic mass is 31.0. The molecule has 0 aromatic rings. The molecule has 0 fully saturated rings. The van der Waals surface area contributed by atoms with Crippen LogP contribution in [-0.2, 0) is 4.79 Å². The Balaban J connectivity index is -0.0000000450. The van der Waals surface area contributed by atoms with E-state index in [1.54, 1.807) is 0 Å². The van der Waals surface area contributed by atoms with Gasteiger partial charge in [-0.25, -0.2) is 0 Å². The van der Waals surface area contributed by atoms with E-state index < -0.39 is 5.97 Å². The van der Waals surface area contributed by atoms with Gasteiger partial charge in [0.05, 0.1) is 0 Å². The second-order valence-corrected chi connectivity index (χ2v) is 2.32. The SMILES string of the molecule is CC(=O)O.CN(C)C.N=C(N)N.P. The summed E-state index contributed by atoms with van der Waals surface area (Å²) in [4.78, 5) is 11.0. The Morgan fingerprint density at radius 2 is 1.31 bits per heavy atom. The molecule has 0 aromatic heterocycles. The Morgan fingerprint density at radius 1 is 1.31 bits per heavy atom. The lowest BCUT2D eigenvalue weighted by atomic mass is 10.9. The van der Waals surface area contributed by atoms with Crippen molar-refractivity contribution in [1.29, 1.82) is 5.41 Å². The van der Waals surface area contributed by atoms with Crippen LogP contribution in [-0.4, -0.2) is 43.1 Å². The lowest BCUT2D eigenvalue weighted by molar-refractivity contribution is -0.134. The zero-order chi connectivity index (χ0) is 10.7. The monoisotopic (exact) mass is 212 g/mol. The number of carboxylic acid groups (broad SMARTS) is 1. The van der Waals surface area contributed by atoms with Gasteiger partial charge in [0.2, 0.25) is 0 Å². The van der Waals surface area contributed by atoms with Crippen LogP contribution < -0.4 is 11.5 Å². The van der Waals surface area contributed by atoms with Crippen LogP contribution in [0.1, 0.15) is 6.92 Å². The summed E-state index contributed by atoms with van der Waals surface area (Å²) in [5.74, 6) is -1.17. The van der Waals surface area contributed by atoms with Gasteiger partial charge >= 0.3 is 0 Å². The van der Waals surface area contributed by atoms with E-state index in [2.05, 4.69) is 11.5 Å². The molecular formula is C6H21N4O2P. The molecule has 82 valence electrons. The summed E-state index contributed by atoms with van der Waals surface area (Å²) >= 11 is 0. The third-order valence-electron chi connectivity index (χ3n) is 0. The molecule has 1 unspecified atom stereocenters. The zero-order valence-corrected chi connectivity index (χ0v) is 10.1. The molecule has 0 radical (unpaired) electrons. The topological polar surface area (TPSA) is 116 Å². The molecule has 0 aliphatic rings. The molecule has 0 aliphatic carbocycles. The van der Waals surface area contributed by atoms with Crippen molar-refractivity contribution in [2.75, 3.05) is 21.1 Å². The lowest BCUT2D eigenvalue weighted by Gasteiger charge is -1.90. The van der Waals surface area contributed by atoms with Gasteiger partial charge in [-0.3, -0.25) is 10.2 Å².